The minimum atomic E-state index is -0.714. The maximum absolute atomic E-state index is 11.9. The standard InChI is InChI=1S/C28H45NO4/c1-3-29(4-2)27(31)23-19-14-12-10-8-6-5-7-9-11-13-18-22-26(30)28(32)33-24-25-20-16-15-17-21-25/h15-17,20-21H,3-14,18-19,22-24H2,1-2H3. The van der Waals surface area contributed by atoms with E-state index < -0.39 is 11.8 Å². The first-order valence-electron chi connectivity index (χ1n) is 13.1. The van der Waals surface area contributed by atoms with Gasteiger partial charge in [-0.05, 0) is 32.3 Å². The van der Waals surface area contributed by atoms with Crippen molar-refractivity contribution < 1.29 is 19.1 Å². The van der Waals surface area contributed by atoms with Crippen LogP contribution in [-0.4, -0.2) is 35.6 Å². The van der Waals surface area contributed by atoms with Crippen molar-refractivity contribution in [3.63, 3.8) is 0 Å². The van der Waals surface area contributed by atoms with Crippen molar-refractivity contribution in [3.05, 3.63) is 35.9 Å². The molecule has 1 rings (SSSR count). The number of rotatable bonds is 20. The van der Waals surface area contributed by atoms with Crippen LogP contribution in [0.1, 0.15) is 109 Å². The number of unbranched alkanes of at least 4 members (excludes halogenated alkanes) is 11. The molecular formula is C28H45NO4. The fourth-order valence-electron chi connectivity index (χ4n) is 3.97. The van der Waals surface area contributed by atoms with Crippen LogP contribution in [0.15, 0.2) is 30.3 Å². The molecule has 1 amide bonds. The van der Waals surface area contributed by atoms with Gasteiger partial charge in [0.05, 0.1) is 0 Å². The van der Waals surface area contributed by atoms with E-state index in [-0.39, 0.29) is 13.0 Å². The quantitative estimate of drug-likeness (QED) is 0.125. The van der Waals surface area contributed by atoms with E-state index in [2.05, 4.69) is 0 Å². The number of ether oxygens (including phenoxy) is 1. The average Bonchev–Trinajstić information content (AvgIpc) is 2.83. The van der Waals surface area contributed by atoms with Gasteiger partial charge in [0.15, 0.2) is 0 Å². The summed E-state index contributed by atoms with van der Waals surface area (Å²) >= 11 is 0. The summed E-state index contributed by atoms with van der Waals surface area (Å²) in [6, 6.07) is 9.41. The third-order valence-electron chi connectivity index (χ3n) is 6.10. The highest BCUT2D eigenvalue weighted by Gasteiger charge is 2.14. The Kier molecular flexibility index (Phi) is 16.9. The maximum Gasteiger partial charge on any atom is 0.374 e. The van der Waals surface area contributed by atoms with Crippen molar-refractivity contribution in [2.24, 2.45) is 0 Å². The number of hydrogen-bond donors (Lipinski definition) is 0. The summed E-state index contributed by atoms with van der Waals surface area (Å²) in [7, 11) is 0. The van der Waals surface area contributed by atoms with E-state index in [0.717, 1.165) is 50.8 Å². The fraction of sp³-hybridized carbons (Fsp3) is 0.679. The number of esters is 1. The number of benzene rings is 1. The predicted octanol–water partition coefficient (Wildman–Crippen LogP) is 6.63. The summed E-state index contributed by atoms with van der Waals surface area (Å²) < 4.78 is 5.08. The minimum absolute atomic E-state index is 0.155. The molecule has 0 aromatic heterocycles. The first-order chi connectivity index (χ1) is 16.1. The van der Waals surface area contributed by atoms with Crippen LogP contribution in [0.4, 0.5) is 0 Å². The molecule has 0 fully saturated rings. The third kappa shape index (κ3) is 14.6. The largest absolute Gasteiger partial charge is 0.455 e. The summed E-state index contributed by atoms with van der Waals surface area (Å²) in [5, 5.41) is 0. The minimum Gasteiger partial charge on any atom is -0.455 e. The van der Waals surface area contributed by atoms with Crippen LogP contribution >= 0.6 is 0 Å². The Morgan fingerprint density at radius 3 is 1.61 bits per heavy atom. The molecular weight excluding hydrogens is 414 g/mol. The number of amides is 1. The van der Waals surface area contributed by atoms with Crippen molar-refractivity contribution >= 4 is 17.7 Å². The summed E-state index contributed by atoms with van der Waals surface area (Å²) in [4.78, 5) is 37.5. The molecule has 0 heterocycles. The Bertz CT molecular complexity index is 655. The highest BCUT2D eigenvalue weighted by atomic mass is 16.5. The van der Waals surface area contributed by atoms with Gasteiger partial charge in [0.2, 0.25) is 11.7 Å². The van der Waals surface area contributed by atoms with Gasteiger partial charge in [0.25, 0.3) is 0 Å². The number of ketones is 1. The molecule has 0 spiro atoms. The first kappa shape index (κ1) is 28.9. The zero-order valence-corrected chi connectivity index (χ0v) is 21.0. The van der Waals surface area contributed by atoms with Gasteiger partial charge in [0, 0.05) is 25.9 Å². The van der Waals surface area contributed by atoms with Gasteiger partial charge in [-0.2, -0.15) is 0 Å². The molecule has 0 saturated heterocycles. The van der Waals surface area contributed by atoms with E-state index in [4.69, 9.17) is 4.74 Å². The van der Waals surface area contributed by atoms with Crippen LogP contribution in [0.25, 0.3) is 0 Å². The predicted molar refractivity (Wildman–Crippen MR) is 134 cm³/mol. The van der Waals surface area contributed by atoms with Crippen LogP contribution in [0.2, 0.25) is 0 Å². The Balaban J connectivity index is 1.86. The van der Waals surface area contributed by atoms with E-state index >= 15 is 0 Å². The van der Waals surface area contributed by atoms with E-state index in [0.29, 0.717) is 12.3 Å². The highest BCUT2D eigenvalue weighted by molar-refractivity contribution is 6.33. The van der Waals surface area contributed by atoms with Gasteiger partial charge in [0.1, 0.15) is 6.61 Å². The second-order valence-corrected chi connectivity index (χ2v) is 8.79. The summed E-state index contributed by atoms with van der Waals surface area (Å²) in [5.74, 6) is -0.829. The van der Waals surface area contributed by atoms with Crippen molar-refractivity contribution in [2.45, 2.75) is 110 Å². The summed E-state index contributed by atoms with van der Waals surface area (Å²) in [5.41, 5.74) is 0.890. The topological polar surface area (TPSA) is 63.7 Å². The van der Waals surface area contributed by atoms with Crippen molar-refractivity contribution in [1.29, 1.82) is 0 Å². The van der Waals surface area contributed by atoms with Crippen LogP contribution in [0, 0.1) is 0 Å². The summed E-state index contributed by atoms with van der Waals surface area (Å²) in [6.45, 7) is 5.86. The van der Waals surface area contributed by atoms with Crippen molar-refractivity contribution in [2.75, 3.05) is 13.1 Å². The Hall–Kier alpha value is -2.17. The zero-order valence-electron chi connectivity index (χ0n) is 21.0. The van der Waals surface area contributed by atoms with Crippen LogP contribution in [0.5, 0.6) is 0 Å². The molecule has 1 aromatic carbocycles. The van der Waals surface area contributed by atoms with Crippen LogP contribution in [0.3, 0.4) is 0 Å². The molecule has 0 atom stereocenters. The fourth-order valence-corrected chi connectivity index (χ4v) is 3.97. The Labute approximate surface area is 201 Å². The molecule has 0 saturated carbocycles. The maximum atomic E-state index is 11.9. The lowest BCUT2D eigenvalue weighted by Crippen LogP contribution is -2.30. The van der Waals surface area contributed by atoms with Gasteiger partial charge < -0.3 is 9.64 Å². The Morgan fingerprint density at radius 1 is 0.667 bits per heavy atom. The number of Topliss-reactive ketones (excluding diaryl/α,β-unsaturated/α-hetero) is 1. The molecule has 1 aromatic rings. The number of hydrogen-bond acceptors (Lipinski definition) is 4. The molecule has 0 aliphatic carbocycles. The van der Waals surface area contributed by atoms with Crippen molar-refractivity contribution in [3.8, 4) is 0 Å². The van der Waals surface area contributed by atoms with Crippen LogP contribution in [-0.2, 0) is 25.7 Å². The van der Waals surface area contributed by atoms with E-state index in [1.165, 1.54) is 44.9 Å². The SMILES string of the molecule is CCN(CC)C(=O)CCCCCCCCCCCCCCC(=O)C(=O)OCc1ccccc1. The Morgan fingerprint density at radius 2 is 1.12 bits per heavy atom. The lowest BCUT2D eigenvalue weighted by molar-refractivity contribution is -0.154. The van der Waals surface area contributed by atoms with E-state index in [1.54, 1.807) is 0 Å². The zero-order chi connectivity index (χ0) is 24.2. The molecule has 0 aliphatic rings. The second-order valence-electron chi connectivity index (χ2n) is 8.79. The van der Waals surface area contributed by atoms with E-state index in [9.17, 15) is 14.4 Å². The third-order valence-corrected chi connectivity index (χ3v) is 6.10. The molecule has 0 unspecified atom stereocenters. The number of nitrogens with zero attached hydrogens (tertiary/aromatic N) is 1. The molecule has 0 aliphatic heterocycles. The van der Waals surface area contributed by atoms with Crippen molar-refractivity contribution in [1.82, 2.24) is 4.90 Å². The van der Waals surface area contributed by atoms with Gasteiger partial charge in [-0.25, -0.2) is 4.79 Å². The van der Waals surface area contributed by atoms with Gasteiger partial charge in [-0.3, -0.25) is 9.59 Å². The molecule has 5 heteroatoms. The second kappa shape index (κ2) is 19.3. The van der Waals surface area contributed by atoms with Crippen LogP contribution < -0.4 is 0 Å². The normalized spacial score (nSPS) is 10.7. The average molecular weight is 460 g/mol. The summed E-state index contributed by atoms with van der Waals surface area (Å²) in [6.07, 6.45) is 14.8. The number of carbonyl (C=O) groups is 3. The number of carbonyl (C=O) groups excluding carboxylic acids is 3. The smallest absolute Gasteiger partial charge is 0.374 e. The molecule has 186 valence electrons. The van der Waals surface area contributed by atoms with Gasteiger partial charge >= 0.3 is 5.97 Å². The lowest BCUT2D eigenvalue weighted by atomic mass is 10.0. The molecule has 33 heavy (non-hydrogen) atoms. The molecule has 0 N–H and O–H groups in total. The molecule has 0 bridgehead atoms. The highest BCUT2D eigenvalue weighted by Crippen LogP contribution is 2.13. The monoisotopic (exact) mass is 459 g/mol. The van der Waals surface area contributed by atoms with Gasteiger partial charge in [-0.15, -0.1) is 0 Å². The van der Waals surface area contributed by atoms with Gasteiger partial charge in [-0.1, -0.05) is 94.5 Å². The molecule has 0 radical (unpaired) electrons. The van der Waals surface area contributed by atoms with E-state index in [1.807, 2.05) is 49.1 Å². The molecule has 5 nitrogen and oxygen atoms in total. The first-order valence-corrected chi connectivity index (χ1v) is 13.1. The lowest BCUT2D eigenvalue weighted by Gasteiger charge is -2.18.